The zero-order valence-electron chi connectivity index (χ0n) is 14.5. The molecular formula is C20H23ClN4. The summed E-state index contributed by atoms with van der Waals surface area (Å²) >= 11 is 6.31. The van der Waals surface area contributed by atoms with Crippen LogP contribution in [0.1, 0.15) is 38.8 Å². The average Bonchev–Trinajstić information content (AvgIpc) is 3.12. The molecule has 0 amide bonds. The standard InChI is InChI=1S/C20H23ClN4/c1-20(12-6-2-7-13-20)24-14-8-5-11-18(24)25-15-22-19(23-25)16-9-3-4-10-17(16)21/h3-4,6-7,9-10,12-13,15,18H,2,5,8,11,14H2,1H3. The predicted molar refractivity (Wildman–Crippen MR) is 101 cm³/mol. The summed E-state index contributed by atoms with van der Waals surface area (Å²) in [5, 5.41) is 5.46. The van der Waals surface area contributed by atoms with Crippen LogP contribution in [-0.2, 0) is 0 Å². The molecule has 0 bridgehead atoms. The zero-order chi connectivity index (χ0) is 17.3. The van der Waals surface area contributed by atoms with Gasteiger partial charge in [0.1, 0.15) is 12.5 Å². The molecule has 2 heterocycles. The van der Waals surface area contributed by atoms with Gasteiger partial charge >= 0.3 is 0 Å². The third kappa shape index (κ3) is 3.16. The molecule has 1 fully saturated rings. The van der Waals surface area contributed by atoms with Crippen molar-refractivity contribution in [1.82, 2.24) is 19.7 Å². The SMILES string of the molecule is CC1(N2CCCCC2n2cnc(-c3ccccc3Cl)n2)C=CCC=C1. The van der Waals surface area contributed by atoms with E-state index < -0.39 is 0 Å². The molecule has 1 aromatic carbocycles. The number of hydrogen-bond acceptors (Lipinski definition) is 3. The van der Waals surface area contributed by atoms with E-state index >= 15 is 0 Å². The van der Waals surface area contributed by atoms with E-state index in [0.717, 1.165) is 24.9 Å². The van der Waals surface area contributed by atoms with Crippen LogP contribution >= 0.6 is 11.6 Å². The van der Waals surface area contributed by atoms with Gasteiger partial charge < -0.3 is 0 Å². The molecule has 1 atom stereocenters. The molecule has 1 aliphatic carbocycles. The molecule has 1 aromatic heterocycles. The molecule has 0 saturated carbocycles. The van der Waals surface area contributed by atoms with Crippen LogP contribution in [0.4, 0.5) is 0 Å². The van der Waals surface area contributed by atoms with E-state index in [-0.39, 0.29) is 11.7 Å². The van der Waals surface area contributed by atoms with E-state index in [0.29, 0.717) is 10.8 Å². The highest BCUT2D eigenvalue weighted by Crippen LogP contribution is 2.36. The molecule has 130 valence electrons. The van der Waals surface area contributed by atoms with Gasteiger partial charge in [-0.1, -0.05) is 48.0 Å². The first-order valence-electron chi connectivity index (χ1n) is 8.95. The van der Waals surface area contributed by atoms with Crippen LogP contribution in [0.3, 0.4) is 0 Å². The first-order chi connectivity index (χ1) is 12.2. The van der Waals surface area contributed by atoms with Gasteiger partial charge in [0.15, 0.2) is 5.82 Å². The van der Waals surface area contributed by atoms with Crippen molar-refractivity contribution in [2.45, 2.75) is 44.3 Å². The van der Waals surface area contributed by atoms with Gasteiger partial charge in [0.25, 0.3) is 0 Å². The number of aromatic nitrogens is 3. The van der Waals surface area contributed by atoms with E-state index in [1.54, 1.807) is 0 Å². The fourth-order valence-electron chi connectivity index (χ4n) is 3.87. The minimum atomic E-state index is -0.0557. The summed E-state index contributed by atoms with van der Waals surface area (Å²) in [7, 11) is 0. The molecule has 0 N–H and O–H groups in total. The fourth-order valence-corrected chi connectivity index (χ4v) is 4.09. The summed E-state index contributed by atoms with van der Waals surface area (Å²) in [6.45, 7) is 3.35. The molecule has 4 nitrogen and oxygen atoms in total. The maximum Gasteiger partial charge on any atom is 0.182 e. The normalized spacial score (nSPS) is 23.0. The Morgan fingerprint density at radius 3 is 2.76 bits per heavy atom. The Labute approximate surface area is 153 Å². The third-order valence-electron chi connectivity index (χ3n) is 5.20. The van der Waals surface area contributed by atoms with E-state index in [1.807, 2.05) is 35.3 Å². The molecule has 0 radical (unpaired) electrons. The van der Waals surface area contributed by atoms with Crippen molar-refractivity contribution in [3.05, 3.63) is 59.9 Å². The number of rotatable bonds is 3. The van der Waals surface area contributed by atoms with Gasteiger partial charge in [-0.05, 0) is 44.7 Å². The number of nitrogens with zero attached hydrogens (tertiary/aromatic N) is 4. The molecule has 1 unspecified atom stereocenters. The van der Waals surface area contributed by atoms with Crippen molar-refractivity contribution in [2.75, 3.05) is 6.54 Å². The Morgan fingerprint density at radius 2 is 1.96 bits per heavy atom. The Kier molecular flexibility index (Phi) is 4.48. The topological polar surface area (TPSA) is 34.0 Å². The van der Waals surface area contributed by atoms with Crippen LogP contribution < -0.4 is 0 Å². The Hall–Kier alpha value is -1.91. The molecule has 25 heavy (non-hydrogen) atoms. The van der Waals surface area contributed by atoms with Gasteiger partial charge in [-0.3, -0.25) is 4.90 Å². The van der Waals surface area contributed by atoms with Crippen molar-refractivity contribution in [3.8, 4) is 11.4 Å². The molecular weight excluding hydrogens is 332 g/mol. The van der Waals surface area contributed by atoms with Gasteiger partial charge in [-0.15, -0.1) is 5.10 Å². The predicted octanol–water partition coefficient (Wildman–Crippen LogP) is 4.86. The maximum atomic E-state index is 6.31. The lowest BCUT2D eigenvalue weighted by atomic mass is 9.90. The number of allylic oxidation sites excluding steroid dienone is 2. The minimum absolute atomic E-state index is 0.0557. The highest BCUT2D eigenvalue weighted by molar-refractivity contribution is 6.33. The highest BCUT2D eigenvalue weighted by Gasteiger charge is 2.36. The minimum Gasteiger partial charge on any atom is -0.269 e. The van der Waals surface area contributed by atoms with Crippen LogP contribution in [0.5, 0.6) is 0 Å². The Balaban J connectivity index is 1.66. The monoisotopic (exact) mass is 354 g/mol. The van der Waals surface area contributed by atoms with Gasteiger partial charge in [-0.25, -0.2) is 9.67 Å². The second-order valence-electron chi connectivity index (χ2n) is 6.96. The molecule has 0 spiro atoms. The fraction of sp³-hybridized carbons (Fsp3) is 0.400. The quantitative estimate of drug-likeness (QED) is 0.738. The first-order valence-corrected chi connectivity index (χ1v) is 9.33. The van der Waals surface area contributed by atoms with Gasteiger partial charge in [-0.2, -0.15) is 0 Å². The number of halogens is 1. The second kappa shape index (κ2) is 6.77. The number of benzene rings is 1. The van der Waals surface area contributed by atoms with Crippen molar-refractivity contribution >= 4 is 11.6 Å². The molecule has 4 rings (SSSR count). The molecule has 1 aliphatic heterocycles. The lowest BCUT2D eigenvalue weighted by Gasteiger charge is -2.45. The molecule has 1 saturated heterocycles. The van der Waals surface area contributed by atoms with E-state index in [1.165, 1.54) is 12.8 Å². The van der Waals surface area contributed by atoms with Crippen LogP contribution in [0, 0.1) is 0 Å². The number of likely N-dealkylation sites (tertiary alicyclic amines) is 1. The van der Waals surface area contributed by atoms with Crippen molar-refractivity contribution in [1.29, 1.82) is 0 Å². The zero-order valence-corrected chi connectivity index (χ0v) is 15.2. The summed E-state index contributed by atoms with van der Waals surface area (Å²) in [5.41, 5.74) is 0.828. The van der Waals surface area contributed by atoms with Gasteiger partial charge in [0, 0.05) is 12.1 Å². The first kappa shape index (κ1) is 16.6. The van der Waals surface area contributed by atoms with Crippen molar-refractivity contribution < 1.29 is 0 Å². The van der Waals surface area contributed by atoms with Crippen LogP contribution in [0.2, 0.25) is 5.02 Å². The average molecular weight is 355 g/mol. The van der Waals surface area contributed by atoms with E-state index in [4.69, 9.17) is 16.7 Å². The second-order valence-corrected chi connectivity index (χ2v) is 7.37. The van der Waals surface area contributed by atoms with Crippen LogP contribution in [-0.4, -0.2) is 31.7 Å². The molecule has 2 aliphatic rings. The van der Waals surface area contributed by atoms with E-state index in [2.05, 4.69) is 41.1 Å². The summed E-state index contributed by atoms with van der Waals surface area (Å²) < 4.78 is 2.01. The highest BCUT2D eigenvalue weighted by atomic mass is 35.5. The number of hydrogen-bond donors (Lipinski definition) is 0. The van der Waals surface area contributed by atoms with Crippen molar-refractivity contribution in [2.24, 2.45) is 0 Å². The van der Waals surface area contributed by atoms with E-state index in [9.17, 15) is 0 Å². The molecule has 5 heteroatoms. The number of piperidine rings is 1. The largest absolute Gasteiger partial charge is 0.269 e. The maximum absolute atomic E-state index is 6.31. The summed E-state index contributed by atoms with van der Waals surface area (Å²) in [6, 6.07) is 7.74. The van der Waals surface area contributed by atoms with Gasteiger partial charge in [0.05, 0.1) is 10.6 Å². The van der Waals surface area contributed by atoms with Crippen LogP contribution in [0.15, 0.2) is 54.9 Å². The van der Waals surface area contributed by atoms with Crippen molar-refractivity contribution in [3.63, 3.8) is 0 Å². The summed E-state index contributed by atoms with van der Waals surface area (Å²) in [6.07, 6.45) is 15.7. The smallest absolute Gasteiger partial charge is 0.182 e. The summed E-state index contributed by atoms with van der Waals surface area (Å²) in [5.74, 6) is 0.691. The van der Waals surface area contributed by atoms with Gasteiger partial charge in [0.2, 0.25) is 0 Å². The lowest BCUT2D eigenvalue weighted by Crippen LogP contribution is -2.50. The van der Waals surface area contributed by atoms with Crippen LogP contribution in [0.25, 0.3) is 11.4 Å². The Bertz CT molecular complexity index is 796. The molecule has 2 aromatic rings. The third-order valence-corrected chi connectivity index (χ3v) is 5.53. The Morgan fingerprint density at radius 1 is 1.16 bits per heavy atom. The summed E-state index contributed by atoms with van der Waals surface area (Å²) in [4.78, 5) is 7.06. The lowest BCUT2D eigenvalue weighted by molar-refractivity contribution is 0.0329.